The Morgan fingerprint density at radius 1 is 0.600 bits per heavy atom. The molecule has 0 bridgehead atoms. The van der Waals surface area contributed by atoms with Crippen molar-refractivity contribution in [1.29, 1.82) is 0 Å². The van der Waals surface area contributed by atoms with Crippen molar-refractivity contribution in [2.75, 3.05) is 0 Å². The zero-order valence-electron chi connectivity index (χ0n) is 16.7. The summed E-state index contributed by atoms with van der Waals surface area (Å²) >= 11 is 0. The number of carboxylic acid groups (broad SMARTS) is 4. The summed E-state index contributed by atoms with van der Waals surface area (Å²) in [5.74, 6) is -12.6. The van der Waals surface area contributed by atoms with Crippen molar-refractivity contribution in [3.8, 4) is 11.5 Å². The maximum Gasteiger partial charge on any atom is 0.393 e. The van der Waals surface area contributed by atoms with Crippen LogP contribution in [0.3, 0.4) is 0 Å². The second-order valence-electron chi connectivity index (χ2n) is 6.79. The first-order valence-electron chi connectivity index (χ1n) is 8.91. The molecule has 0 aromatic heterocycles. The summed E-state index contributed by atoms with van der Waals surface area (Å²) in [5.41, 5.74) is -8.24. The van der Waals surface area contributed by atoms with Gasteiger partial charge in [0.25, 0.3) is 0 Å². The molecule has 0 fully saturated rings. The molecule has 2 aromatic rings. The highest BCUT2D eigenvalue weighted by Crippen LogP contribution is 2.40. The number of hydrogen-bond acceptors (Lipinski definition) is 9. The van der Waals surface area contributed by atoms with E-state index in [1.54, 1.807) is 0 Å². The third-order valence-electron chi connectivity index (χ3n) is 4.31. The number of hydrogen-bond donors (Lipinski definition) is 0. The molecule has 188 valence electrons. The Kier molecular flexibility index (Phi) is 7.33. The maximum atomic E-state index is 13.0. The van der Waals surface area contributed by atoms with Gasteiger partial charge in [0, 0.05) is 33.4 Å². The minimum absolute atomic E-state index is 0.363. The van der Waals surface area contributed by atoms with Crippen LogP contribution < -0.4 is 25.2 Å². The molecule has 2 rings (SSSR count). The third kappa shape index (κ3) is 6.39. The lowest BCUT2D eigenvalue weighted by Gasteiger charge is -2.25. The monoisotopic (exact) mass is 506 g/mol. The van der Waals surface area contributed by atoms with Crippen molar-refractivity contribution in [3.63, 3.8) is 0 Å². The molecule has 0 saturated carbocycles. The molecule has 9 nitrogen and oxygen atoms in total. The topological polar surface area (TPSA) is 170 Å². The van der Waals surface area contributed by atoms with Gasteiger partial charge in [0.15, 0.2) is 0 Å². The van der Waals surface area contributed by atoms with Gasteiger partial charge < -0.3 is 44.3 Å². The van der Waals surface area contributed by atoms with E-state index in [1.165, 1.54) is 0 Å². The normalized spacial score (nSPS) is 11.7. The number of benzene rings is 2. The number of alkyl halides is 6. The van der Waals surface area contributed by atoms with E-state index >= 15 is 0 Å². The Bertz CT molecular complexity index is 1120. The van der Waals surface area contributed by atoms with E-state index < -0.39 is 94.0 Å². The molecule has 15 heteroatoms. The molecule has 0 aliphatic carbocycles. The molecule has 0 N–H and O–H groups in total. The zero-order chi connectivity index (χ0) is 26.9. The molecule has 0 aliphatic heterocycles. The quantitative estimate of drug-likeness (QED) is 0.414. The highest BCUT2D eigenvalue weighted by atomic mass is 19.4. The van der Waals surface area contributed by atoms with E-state index in [0.29, 0.717) is 24.3 Å². The molecular formula is C20H8F6O9-4. The van der Waals surface area contributed by atoms with Crippen LogP contribution in [0.5, 0.6) is 11.5 Å². The van der Waals surface area contributed by atoms with Crippen molar-refractivity contribution in [2.45, 2.75) is 25.2 Å². The largest absolute Gasteiger partial charge is 0.545 e. The molecule has 0 spiro atoms. The summed E-state index contributed by atoms with van der Waals surface area (Å²) in [7, 11) is 0. The SMILES string of the molecule is O=C([O-])c1ccc(CC(F)(F)F)c(Oc2c(CC(F)(F)F)ccc(C(=O)[O-])c2C(=O)[O-])c1C(=O)[O-]. The average molecular weight is 506 g/mol. The van der Waals surface area contributed by atoms with Crippen LogP contribution in [0.1, 0.15) is 52.6 Å². The van der Waals surface area contributed by atoms with Gasteiger partial charge in [-0.15, -0.1) is 0 Å². The number of carboxylic acids is 4. The van der Waals surface area contributed by atoms with E-state index in [1.807, 2.05) is 0 Å². The second-order valence-corrected chi connectivity index (χ2v) is 6.79. The number of halogens is 6. The van der Waals surface area contributed by atoms with Gasteiger partial charge in [0.2, 0.25) is 0 Å². The molecule has 0 amide bonds. The predicted octanol–water partition coefficient (Wildman–Crippen LogP) is -0.858. The zero-order valence-corrected chi connectivity index (χ0v) is 16.7. The molecule has 0 heterocycles. The van der Waals surface area contributed by atoms with E-state index in [-0.39, 0.29) is 0 Å². The summed E-state index contributed by atoms with van der Waals surface area (Å²) in [6.07, 6.45) is -14.3. The molecule has 0 radical (unpaired) electrons. The molecule has 0 aliphatic rings. The Labute approximate surface area is 189 Å². The number of ether oxygens (including phenoxy) is 1. The number of rotatable bonds is 8. The first-order valence-corrected chi connectivity index (χ1v) is 8.91. The minimum Gasteiger partial charge on any atom is -0.545 e. The van der Waals surface area contributed by atoms with Gasteiger partial charge >= 0.3 is 12.4 Å². The van der Waals surface area contributed by atoms with E-state index in [4.69, 9.17) is 4.74 Å². The average Bonchev–Trinajstić information content (AvgIpc) is 2.66. The summed E-state index contributed by atoms with van der Waals surface area (Å²) < 4.78 is 83.1. The van der Waals surface area contributed by atoms with Crippen molar-refractivity contribution in [2.24, 2.45) is 0 Å². The Hall–Kier alpha value is -4.30. The van der Waals surface area contributed by atoms with Gasteiger partial charge in [-0.2, -0.15) is 26.3 Å². The van der Waals surface area contributed by atoms with Gasteiger partial charge in [0.1, 0.15) is 11.5 Å². The fourth-order valence-corrected chi connectivity index (χ4v) is 3.04. The van der Waals surface area contributed by atoms with Gasteiger partial charge in [-0.1, -0.05) is 24.3 Å². The lowest BCUT2D eigenvalue weighted by molar-refractivity contribution is -0.260. The molecule has 0 saturated heterocycles. The number of carbonyl (C=O) groups is 4. The standard InChI is InChI=1S/C20H12F6O9/c21-19(22,23)5-7-1-3-9(15(27)28)11(17(31)32)13(7)35-14-8(6-20(24,25)26)2-4-10(16(29)30)12(14)18(33)34/h1-4H,5-6H2,(H,27,28)(H,29,30)(H,31,32)(H,33,34)/p-4. The number of aromatic carboxylic acids is 4. The van der Waals surface area contributed by atoms with Gasteiger partial charge in [-0.05, 0) is 0 Å². The van der Waals surface area contributed by atoms with E-state index in [9.17, 15) is 65.9 Å². The second kappa shape index (κ2) is 9.52. The highest BCUT2D eigenvalue weighted by Gasteiger charge is 2.34. The minimum atomic E-state index is -5.11. The molecule has 0 atom stereocenters. The fraction of sp³-hybridized carbons (Fsp3) is 0.200. The summed E-state index contributed by atoms with van der Waals surface area (Å²) in [5, 5.41) is 45.7. The predicted molar refractivity (Wildman–Crippen MR) is 89.8 cm³/mol. The summed E-state index contributed by atoms with van der Waals surface area (Å²) in [6, 6.07) is 1.51. The highest BCUT2D eigenvalue weighted by molar-refractivity contribution is 6.04. The summed E-state index contributed by atoms with van der Waals surface area (Å²) in [4.78, 5) is 45.7. The van der Waals surface area contributed by atoms with Crippen molar-refractivity contribution >= 4 is 23.9 Å². The van der Waals surface area contributed by atoms with Crippen LogP contribution in [0.25, 0.3) is 0 Å². The van der Waals surface area contributed by atoms with Crippen molar-refractivity contribution < 1.29 is 70.7 Å². The summed E-state index contributed by atoms with van der Waals surface area (Å²) in [6.45, 7) is 0. The first kappa shape index (κ1) is 26.9. The van der Waals surface area contributed by atoms with E-state index in [2.05, 4.69) is 0 Å². The Balaban J connectivity index is 3.00. The van der Waals surface area contributed by atoms with Crippen LogP contribution in [0.4, 0.5) is 26.3 Å². The smallest absolute Gasteiger partial charge is 0.393 e. The van der Waals surface area contributed by atoms with Crippen LogP contribution in [0.2, 0.25) is 0 Å². The van der Waals surface area contributed by atoms with Crippen LogP contribution in [-0.4, -0.2) is 36.2 Å². The van der Waals surface area contributed by atoms with Crippen LogP contribution in [-0.2, 0) is 12.8 Å². The first-order chi connectivity index (χ1) is 15.9. The molecule has 0 unspecified atom stereocenters. The van der Waals surface area contributed by atoms with Gasteiger partial charge in [-0.25, -0.2) is 0 Å². The van der Waals surface area contributed by atoms with Crippen LogP contribution in [0.15, 0.2) is 24.3 Å². The third-order valence-corrected chi connectivity index (χ3v) is 4.31. The van der Waals surface area contributed by atoms with Gasteiger partial charge in [0.05, 0.1) is 36.7 Å². The Morgan fingerprint density at radius 3 is 1.14 bits per heavy atom. The number of carbonyl (C=O) groups excluding carboxylic acids is 4. The Morgan fingerprint density at radius 2 is 0.914 bits per heavy atom. The lowest BCUT2D eigenvalue weighted by atomic mass is 9.98. The molecular weight excluding hydrogens is 498 g/mol. The fourth-order valence-electron chi connectivity index (χ4n) is 3.04. The van der Waals surface area contributed by atoms with Crippen LogP contribution >= 0.6 is 0 Å². The maximum absolute atomic E-state index is 13.0. The lowest BCUT2D eigenvalue weighted by Crippen LogP contribution is -2.32. The van der Waals surface area contributed by atoms with Crippen LogP contribution in [0, 0.1) is 0 Å². The molecule has 2 aromatic carbocycles. The van der Waals surface area contributed by atoms with E-state index in [0.717, 1.165) is 0 Å². The molecule has 35 heavy (non-hydrogen) atoms. The van der Waals surface area contributed by atoms with Crippen molar-refractivity contribution in [1.82, 2.24) is 0 Å². The van der Waals surface area contributed by atoms with Gasteiger partial charge in [-0.3, -0.25) is 0 Å². The van der Waals surface area contributed by atoms with Crippen molar-refractivity contribution in [3.05, 3.63) is 57.6 Å².